The van der Waals surface area contributed by atoms with Gasteiger partial charge < -0.3 is 4.98 Å². The molecular weight excluding hydrogens is 243 g/mol. The van der Waals surface area contributed by atoms with Crippen molar-refractivity contribution in [1.82, 2.24) is 19.9 Å². The molecule has 0 aliphatic rings. The van der Waals surface area contributed by atoms with E-state index in [9.17, 15) is 4.39 Å². The summed E-state index contributed by atoms with van der Waals surface area (Å²) in [5.41, 5.74) is 1.52. The van der Waals surface area contributed by atoms with Gasteiger partial charge in [0, 0.05) is 5.02 Å². The fourth-order valence-electron chi connectivity index (χ4n) is 1.57. The number of benzene rings is 1. The Labute approximate surface area is 101 Å². The molecule has 2 heterocycles. The summed E-state index contributed by atoms with van der Waals surface area (Å²) in [4.78, 5) is 15.0. The topological polar surface area (TPSA) is 54.5 Å². The van der Waals surface area contributed by atoms with E-state index in [1.54, 1.807) is 18.3 Å². The van der Waals surface area contributed by atoms with Crippen molar-refractivity contribution in [3.05, 3.63) is 41.6 Å². The van der Waals surface area contributed by atoms with Crippen LogP contribution in [0.4, 0.5) is 4.39 Å². The summed E-state index contributed by atoms with van der Waals surface area (Å²) in [6, 6.07) is 4.43. The summed E-state index contributed by atoms with van der Waals surface area (Å²) in [5.74, 6) is -0.0146. The average molecular weight is 249 g/mol. The Morgan fingerprint density at radius 2 is 2.18 bits per heavy atom. The number of rotatable bonds is 1. The third-order valence-electron chi connectivity index (χ3n) is 2.35. The molecule has 0 fully saturated rings. The standard InChI is InChI=1S/C11H6ClFN4/c12-6-1-2-7(8(13)3-6)10-16-9-4-14-5-15-11(9)17-10/h1-5H,(H,14,15,16,17). The Bertz CT molecular complexity index is 662. The third-order valence-corrected chi connectivity index (χ3v) is 2.58. The van der Waals surface area contributed by atoms with Gasteiger partial charge in [-0.25, -0.2) is 19.3 Å². The van der Waals surface area contributed by atoms with Gasteiger partial charge in [-0.15, -0.1) is 0 Å². The van der Waals surface area contributed by atoms with Crippen LogP contribution < -0.4 is 0 Å². The number of H-pyrrole nitrogens is 1. The highest BCUT2D eigenvalue weighted by molar-refractivity contribution is 6.30. The summed E-state index contributed by atoms with van der Waals surface area (Å²) in [5, 5.41) is 0.349. The molecule has 4 nitrogen and oxygen atoms in total. The fourth-order valence-corrected chi connectivity index (χ4v) is 1.73. The number of aromatic amines is 1. The number of imidazole rings is 1. The number of nitrogens with one attached hydrogen (secondary N) is 1. The molecule has 0 spiro atoms. The second-order valence-corrected chi connectivity index (χ2v) is 3.91. The number of fused-ring (bicyclic) bond motifs is 1. The number of nitrogens with zero attached hydrogens (tertiary/aromatic N) is 3. The van der Waals surface area contributed by atoms with Crippen molar-refractivity contribution in [3.8, 4) is 11.4 Å². The zero-order valence-corrected chi connectivity index (χ0v) is 9.24. The van der Waals surface area contributed by atoms with Crippen molar-refractivity contribution in [3.63, 3.8) is 0 Å². The maximum Gasteiger partial charge on any atom is 0.181 e. The third kappa shape index (κ3) is 1.74. The highest BCUT2D eigenvalue weighted by atomic mass is 35.5. The first kappa shape index (κ1) is 10.2. The lowest BCUT2D eigenvalue weighted by atomic mass is 10.2. The van der Waals surface area contributed by atoms with Crippen molar-refractivity contribution in [1.29, 1.82) is 0 Å². The van der Waals surface area contributed by atoms with E-state index >= 15 is 0 Å². The highest BCUT2D eigenvalue weighted by Gasteiger charge is 2.10. The lowest BCUT2D eigenvalue weighted by Crippen LogP contribution is -1.86. The Hall–Kier alpha value is -2.01. The molecule has 0 saturated heterocycles. The van der Waals surface area contributed by atoms with Crippen molar-refractivity contribution < 1.29 is 4.39 Å². The Kier molecular flexibility index (Phi) is 2.26. The lowest BCUT2D eigenvalue weighted by Gasteiger charge is -1.98. The van der Waals surface area contributed by atoms with Gasteiger partial charge in [0.25, 0.3) is 0 Å². The zero-order valence-electron chi connectivity index (χ0n) is 8.48. The number of hydrogen-bond donors (Lipinski definition) is 1. The molecule has 1 aromatic carbocycles. The monoisotopic (exact) mass is 248 g/mol. The average Bonchev–Trinajstić information content (AvgIpc) is 2.72. The Morgan fingerprint density at radius 3 is 2.94 bits per heavy atom. The second kappa shape index (κ2) is 3.78. The molecule has 0 atom stereocenters. The van der Waals surface area contributed by atoms with Gasteiger partial charge >= 0.3 is 0 Å². The predicted octanol–water partition coefficient (Wildman–Crippen LogP) is 2.81. The van der Waals surface area contributed by atoms with Crippen LogP contribution >= 0.6 is 11.6 Å². The molecule has 0 bridgehead atoms. The summed E-state index contributed by atoms with van der Waals surface area (Å²) in [6.07, 6.45) is 2.98. The van der Waals surface area contributed by atoms with Crippen LogP contribution in [0.5, 0.6) is 0 Å². The minimum atomic E-state index is -0.426. The minimum absolute atomic E-state index is 0.349. The van der Waals surface area contributed by atoms with E-state index in [0.29, 0.717) is 27.6 Å². The van der Waals surface area contributed by atoms with Crippen LogP contribution in [0.15, 0.2) is 30.7 Å². The highest BCUT2D eigenvalue weighted by Crippen LogP contribution is 2.24. The van der Waals surface area contributed by atoms with Crippen LogP contribution in [-0.4, -0.2) is 19.9 Å². The van der Waals surface area contributed by atoms with E-state index in [0.717, 1.165) is 0 Å². The normalized spacial score (nSPS) is 10.9. The Morgan fingerprint density at radius 1 is 1.29 bits per heavy atom. The van der Waals surface area contributed by atoms with Crippen LogP contribution in [-0.2, 0) is 0 Å². The molecule has 0 aliphatic heterocycles. The molecule has 0 aliphatic carbocycles. The van der Waals surface area contributed by atoms with E-state index in [1.807, 2.05) is 0 Å². The zero-order chi connectivity index (χ0) is 11.8. The summed E-state index contributed by atoms with van der Waals surface area (Å²) < 4.78 is 13.7. The molecule has 2 aromatic heterocycles. The molecule has 6 heteroatoms. The van der Waals surface area contributed by atoms with Crippen LogP contribution in [0.25, 0.3) is 22.6 Å². The first-order valence-corrected chi connectivity index (χ1v) is 5.23. The first-order valence-electron chi connectivity index (χ1n) is 4.85. The van der Waals surface area contributed by atoms with Gasteiger partial charge in [0.1, 0.15) is 23.5 Å². The largest absolute Gasteiger partial charge is 0.335 e. The summed E-state index contributed by atoms with van der Waals surface area (Å²) in [7, 11) is 0. The molecule has 0 amide bonds. The Balaban J connectivity index is 2.20. The molecule has 0 radical (unpaired) electrons. The molecule has 84 valence electrons. The fraction of sp³-hybridized carbons (Fsp3) is 0. The van der Waals surface area contributed by atoms with Crippen LogP contribution in [0.1, 0.15) is 0 Å². The number of hydrogen-bond acceptors (Lipinski definition) is 3. The van der Waals surface area contributed by atoms with E-state index in [1.165, 1.54) is 12.4 Å². The van der Waals surface area contributed by atoms with E-state index < -0.39 is 5.82 Å². The van der Waals surface area contributed by atoms with Gasteiger partial charge in [-0.05, 0) is 18.2 Å². The van der Waals surface area contributed by atoms with E-state index in [2.05, 4.69) is 19.9 Å². The predicted molar refractivity (Wildman–Crippen MR) is 62.1 cm³/mol. The maximum absolute atomic E-state index is 13.7. The van der Waals surface area contributed by atoms with E-state index in [-0.39, 0.29) is 0 Å². The maximum atomic E-state index is 13.7. The van der Waals surface area contributed by atoms with Gasteiger partial charge in [0.05, 0.1) is 11.8 Å². The van der Waals surface area contributed by atoms with Gasteiger partial charge in [-0.2, -0.15) is 0 Å². The van der Waals surface area contributed by atoms with Gasteiger partial charge in [-0.3, -0.25) is 0 Å². The molecular formula is C11H6ClFN4. The van der Waals surface area contributed by atoms with Crippen molar-refractivity contribution >= 4 is 22.8 Å². The molecule has 3 aromatic rings. The number of halogens is 2. The van der Waals surface area contributed by atoms with E-state index in [4.69, 9.17) is 11.6 Å². The number of aromatic nitrogens is 4. The summed E-state index contributed by atoms with van der Waals surface area (Å²) >= 11 is 5.69. The van der Waals surface area contributed by atoms with Crippen molar-refractivity contribution in [2.75, 3.05) is 0 Å². The van der Waals surface area contributed by atoms with Crippen LogP contribution in [0.3, 0.4) is 0 Å². The van der Waals surface area contributed by atoms with Crippen LogP contribution in [0, 0.1) is 5.82 Å². The lowest BCUT2D eigenvalue weighted by molar-refractivity contribution is 0.630. The second-order valence-electron chi connectivity index (χ2n) is 3.47. The van der Waals surface area contributed by atoms with Crippen LogP contribution in [0.2, 0.25) is 5.02 Å². The SMILES string of the molecule is Fc1cc(Cl)ccc1-c1nc2ncncc2[nH]1. The summed E-state index contributed by atoms with van der Waals surface area (Å²) in [6.45, 7) is 0. The van der Waals surface area contributed by atoms with Crippen molar-refractivity contribution in [2.24, 2.45) is 0 Å². The smallest absolute Gasteiger partial charge is 0.181 e. The van der Waals surface area contributed by atoms with Gasteiger partial charge in [0.15, 0.2) is 5.65 Å². The molecule has 3 rings (SSSR count). The molecule has 0 unspecified atom stereocenters. The molecule has 0 saturated carbocycles. The molecule has 1 N–H and O–H groups in total. The minimum Gasteiger partial charge on any atom is -0.335 e. The van der Waals surface area contributed by atoms with Gasteiger partial charge in [-0.1, -0.05) is 11.6 Å². The van der Waals surface area contributed by atoms with Crippen molar-refractivity contribution in [2.45, 2.75) is 0 Å². The molecule has 17 heavy (non-hydrogen) atoms. The first-order chi connectivity index (χ1) is 8.24. The van der Waals surface area contributed by atoms with Gasteiger partial charge in [0.2, 0.25) is 0 Å². The quantitative estimate of drug-likeness (QED) is 0.720.